The van der Waals surface area contributed by atoms with Crippen LogP contribution in [0.15, 0.2) is 47.4 Å². The summed E-state index contributed by atoms with van der Waals surface area (Å²) in [6, 6.07) is 9.49. The molecule has 158 valence electrons. The molecule has 0 unspecified atom stereocenters. The summed E-state index contributed by atoms with van der Waals surface area (Å²) in [7, 11) is -3.90. The monoisotopic (exact) mass is 433 g/mol. The lowest BCUT2D eigenvalue weighted by Crippen LogP contribution is -2.33. The quantitative estimate of drug-likeness (QED) is 0.355. The van der Waals surface area contributed by atoms with Crippen LogP contribution in [0.5, 0.6) is 5.75 Å². The van der Waals surface area contributed by atoms with Gasteiger partial charge in [-0.2, -0.15) is 4.31 Å². The molecule has 1 aliphatic heterocycles. The molecule has 30 heavy (non-hydrogen) atoms. The molecule has 0 aliphatic carbocycles. The third-order valence-electron chi connectivity index (χ3n) is 4.70. The molecule has 1 aliphatic rings. The zero-order valence-corrected chi connectivity index (χ0v) is 17.1. The molecule has 0 aromatic heterocycles. The van der Waals surface area contributed by atoms with Gasteiger partial charge in [0.2, 0.25) is 10.0 Å². The number of amides is 2. The number of benzene rings is 2. The van der Waals surface area contributed by atoms with Crippen molar-refractivity contribution in [2.24, 2.45) is 0 Å². The number of sulfonamides is 1. The lowest BCUT2D eigenvalue weighted by molar-refractivity contribution is -0.386. The molecule has 0 N–H and O–H groups in total. The van der Waals surface area contributed by atoms with Crippen LogP contribution in [-0.2, 0) is 10.0 Å². The van der Waals surface area contributed by atoms with E-state index in [1.54, 1.807) is 26.0 Å². The van der Waals surface area contributed by atoms with Gasteiger partial charge < -0.3 is 4.74 Å². The number of rotatable bonds is 8. The minimum atomic E-state index is -3.90. The number of nitro groups is 1. The molecule has 11 heteroatoms. The van der Waals surface area contributed by atoms with E-state index in [4.69, 9.17) is 4.74 Å². The fraction of sp³-hybridized carbons (Fsp3) is 0.263. The van der Waals surface area contributed by atoms with E-state index in [9.17, 15) is 28.1 Å². The summed E-state index contributed by atoms with van der Waals surface area (Å²) in [6.07, 6.45) is 0. The second-order valence-electron chi connectivity index (χ2n) is 6.33. The first-order valence-corrected chi connectivity index (χ1v) is 10.5. The van der Waals surface area contributed by atoms with Crippen LogP contribution >= 0.6 is 0 Å². The Labute approximate surface area is 172 Å². The van der Waals surface area contributed by atoms with E-state index in [1.165, 1.54) is 22.5 Å². The predicted octanol–water partition coefficient (Wildman–Crippen LogP) is 2.26. The summed E-state index contributed by atoms with van der Waals surface area (Å²) < 4.78 is 31.8. The molecule has 0 radical (unpaired) electrons. The van der Waals surface area contributed by atoms with Gasteiger partial charge in [-0.3, -0.25) is 19.7 Å². The Hall–Kier alpha value is -3.31. The molecule has 0 bridgehead atoms. The third-order valence-corrected chi connectivity index (χ3v) is 6.74. The fourth-order valence-electron chi connectivity index (χ4n) is 3.13. The van der Waals surface area contributed by atoms with Crippen molar-refractivity contribution in [1.82, 2.24) is 9.21 Å². The Morgan fingerprint density at radius 3 is 2.10 bits per heavy atom. The van der Waals surface area contributed by atoms with Crippen molar-refractivity contribution in [2.45, 2.75) is 18.7 Å². The largest absolute Gasteiger partial charge is 0.465 e. The summed E-state index contributed by atoms with van der Waals surface area (Å²) >= 11 is 0. The van der Waals surface area contributed by atoms with Crippen LogP contribution in [-0.4, -0.2) is 54.2 Å². The maximum atomic E-state index is 12.6. The van der Waals surface area contributed by atoms with Gasteiger partial charge in [0.15, 0.2) is 12.5 Å². The van der Waals surface area contributed by atoms with Gasteiger partial charge in [0.1, 0.15) is 0 Å². The summed E-state index contributed by atoms with van der Waals surface area (Å²) in [5.74, 6) is -1.40. The van der Waals surface area contributed by atoms with Gasteiger partial charge in [-0.25, -0.2) is 13.3 Å². The van der Waals surface area contributed by atoms with Crippen LogP contribution in [0.1, 0.15) is 34.6 Å². The highest BCUT2D eigenvalue weighted by Gasteiger charge is 2.36. The molecule has 0 saturated heterocycles. The van der Waals surface area contributed by atoms with Crippen LogP contribution in [0.3, 0.4) is 0 Å². The molecule has 3 rings (SSSR count). The van der Waals surface area contributed by atoms with Crippen LogP contribution in [0, 0.1) is 10.1 Å². The van der Waals surface area contributed by atoms with Gasteiger partial charge in [0, 0.05) is 19.2 Å². The Bertz CT molecular complexity index is 1090. The number of nitrogens with zero attached hydrogens (tertiary/aromatic N) is 3. The van der Waals surface area contributed by atoms with Gasteiger partial charge in [-0.1, -0.05) is 26.0 Å². The van der Waals surface area contributed by atoms with E-state index in [-0.39, 0.29) is 34.9 Å². The molecule has 10 nitrogen and oxygen atoms in total. The van der Waals surface area contributed by atoms with Crippen LogP contribution in [0.25, 0.3) is 0 Å². The number of ether oxygens (including phenoxy) is 1. The Kier molecular flexibility index (Phi) is 5.85. The molecular formula is C19H19N3O7S. The minimum absolute atomic E-state index is 0.213. The number of carbonyl (C=O) groups is 2. The third kappa shape index (κ3) is 3.64. The summed E-state index contributed by atoms with van der Waals surface area (Å²) in [6.45, 7) is 3.20. The Morgan fingerprint density at radius 2 is 1.60 bits per heavy atom. The fourth-order valence-corrected chi connectivity index (χ4v) is 4.60. The first kappa shape index (κ1) is 21.4. The average Bonchev–Trinajstić information content (AvgIpc) is 2.97. The average molecular weight is 433 g/mol. The van der Waals surface area contributed by atoms with E-state index in [0.29, 0.717) is 0 Å². The van der Waals surface area contributed by atoms with E-state index in [2.05, 4.69) is 0 Å². The summed E-state index contributed by atoms with van der Waals surface area (Å²) in [5, 5.41) is 11.5. The Balaban J connectivity index is 1.87. The lowest BCUT2D eigenvalue weighted by Gasteiger charge is -2.19. The second kappa shape index (κ2) is 8.20. The van der Waals surface area contributed by atoms with Crippen molar-refractivity contribution >= 4 is 27.5 Å². The van der Waals surface area contributed by atoms with E-state index < -0.39 is 39.2 Å². The maximum Gasteiger partial charge on any atom is 0.312 e. The smallest absolute Gasteiger partial charge is 0.312 e. The molecule has 0 spiro atoms. The number of hydrogen-bond donors (Lipinski definition) is 0. The molecular weight excluding hydrogens is 414 g/mol. The van der Waals surface area contributed by atoms with Crippen molar-refractivity contribution < 1.29 is 27.7 Å². The highest BCUT2D eigenvalue weighted by molar-refractivity contribution is 7.89. The molecule has 2 amide bonds. The van der Waals surface area contributed by atoms with Crippen molar-refractivity contribution in [3.05, 3.63) is 63.7 Å². The van der Waals surface area contributed by atoms with Gasteiger partial charge in [0.05, 0.1) is 20.9 Å². The zero-order chi connectivity index (χ0) is 22.1. The van der Waals surface area contributed by atoms with Crippen molar-refractivity contribution in [2.75, 3.05) is 19.8 Å². The zero-order valence-electron chi connectivity index (χ0n) is 16.3. The number of fused-ring (bicyclic) bond motifs is 1. The van der Waals surface area contributed by atoms with Crippen molar-refractivity contribution in [1.29, 1.82) is 0 Å². The highest BCUT2D eigenvalue weighted by Crippen LogP contribution is 2.32. The topological polar surface area (TPSA) is 127 Å². The SMILES string of the molecule is CCN(CC)S(=O)(=O)c1ccc(OCN2C(=O)c3ccccc3C2=O)c([N+](=O)[O-])c1. The lowest BCUT2D eigenvalue weighted by atomic mass is 10.1. The molecule has 0 fully saturated rings. The highest BCUT2D eigenvalue weighted by atomic mass is 32.2. The molecule has 2 aromatic rings. The van der Waals surface area contributed by atoms with E-state index in [0.717, 1.165) is 17.0 Å². The number of carbonyl (C=O) groups excluding carboxylic acids is 2. The van der Waals surface area contributed by atoms with Crippen LogP contribution in [0.2, 0.25) is 0 Å². The maximum absolute atomic E-state index is 12.6. The van der Waals surface area contributed by atoms with Crippen molar-refractivity contribution in [3.63, 3.8) is 0 Å². The molecule has 0 saturated carbocycles. The normalized spacial score (nSPS) is 13.6. The van der Waals surface area contributed by atoms with E-state index in [1.807, 2.05) is 0 Å². The van der Waals surface area contributed by atoms with Gasteiger partial charge >= 0.3 is 5.69 Å². The molecule has 0 atom stereocenters. The van der Waals surface area contributed by atoms with Crippen LogP contribution in [0.4, 0.5) is 5.69 Å². The number of nitro benzene ring substituents is 1. The predicted molar refractivity (Wildman–Crippen MR) is 106 cm³/mol. The van der Waals surface area contributed by atoms with Gasteiger partial charge in [-0.05, 0) is 24.3 Å². The van der Waals surface area contributed by atoms with Crippen LogP contribution < -0.4 is 4.74 Å². The first-order chi connectivity index (χ1) is 14.2. The van der Waals surface area contributed by atoms with Gasteiger partial charge in [0.25, 0.3) is 11.8 Å². The number of hydrogen-bond acceptors (Lipinski definition) is 7. The Morgan fingerprint density at radius 1 is 1.03 bits per heavy atom. The van der Waals surface area contributed by atoms with Crippen molar-refractivity contribution in [3.8, 4) is 5.75 Å². The molecule has 2 aromatic carbocycles. The summed E-state index contributed by atoms with van der Waals surface area (Å²) in [5.41, 5.74) is -0.137. The minimum Gasteiger partial charge on any atom is -0.465 e. The standard InChI is InChI=1S/C19H19N3O7S/c1-3-20(4-2)30(27,28)13-9-10-17(16(11-13)22(25)26)29-12-21-18(23)14-7-5-6-8-15(14)19(21)24/h5-11H,3-4,12H2,1-2H3. The molecule has 1 heterocycles. The van der Waals surface area contributed by atoms with E-state index >= 15 is 0 Å². The first-order valence-electron chi connectivity index (χ1n) is 9.09. The van der Waals surface area contributed by atoms with Gasteiger partial charge in [-0.15, -0.1) is 0 Å². The summed E-state index contributed by atoms with van der Waals surface area (Å²) in [4.78, 5) is 36.0. The number of imide groups is 1. The second-order valence-corrected chi connectivity index (χ2v) is 8.27.